The van der Waals surface area contributed by atoms with E-state index in [1.54, 1.807) is 6.07 Å². The van der Waals surface area contributed by atoms with Crippen LogP contribution in [-0.4, -0.2) is 16.0 Å². The molecule has 2 rings (SSSR count). The number of amidine groups is 1. The number of rotatable bonds is 1. The molecule has 0 bridgehead atoms. The molecule has 1 heterocycles. The number of oxime groups is 1. The van der Waals surface area contributed by atoms with Crippen molar-refractivity contribution in [3.8, 4) is 0 Å². The normalized spacial score (nSPS) is 12.2. The number of nitrogens with zero attached hydrogens (tertiary/aromatic N) is 2. The Labute approximate surface area is 79.8 Å². The second-order valence-electron chi connectivity index (χ2n) is 2.98. The van der Waals surface area contributed by atoms with Gasteiger partial charge in [0.1, 0.15) is 5.52 Å². The zero-order valence-corrected chi connectivity index (χ0v) is 7.56. The first-order valence-electron chi connectivity index (χ1n) is 4.06. The lowest BCUT2D eigenvalue weighted by molar-refractivity contribution is 0.317. The van der Waals surface area contributed by atoms with Gasteiger partial charge in [-0.25, -0.2) is 4.98 Å². The number of aromatic nitrogens is 1. The van der Waals surface area contributed by atoms with E-state index in [4.69, 9.17) is 15.4 Å². The van der Waals surface area contributed by atoms with E-state index in [1.807, 2.05) is 19.1 Å². The van der Waals surface area contributed by atoms with Gasteiger partial charge in [-0.05, 0) is 24.6 Å². The van der Waals surface area contributed by atoms with Crippen LogP contribution in [-0.2, 0) is 0 Å². The van der Waals surface area contributed by atoms with Crippen LogP contribution in [0.2, 0.25) is 0 Å². The first-order chi connectivity index (χ1) is 6.70. The molecule has 5 nitrogen and oxygen atoms in total. The first-order valence-corrected chi connectivity index (χ1v) is 4.06. The maximum Gasteiger partial charge on any atom is 0.266 e. The predicted octanol–water partition coefficient (Wildman–Crippen LogP) is 1.23. The minimum atomic E-state index is -0.126. The number of hydrogen-bond acceptors (Lipinski definition) is 4. The summed E-state index contributed by atoms with van der Waals surface area (Å²) in [5.41, 5.74) is 7.74. The number of aryl methyl sites for hydroxylation is 1. The van der Waals surface area contributed by atoms with Crippen LogP contribution in [0.5, 0.6) is 0 Å². The highest BCUT2D eigenvalue weighted by Gasteiger charge is 2.09. The fourth-order valence-corrected chi connectivity index (χ4v) is 1.19. The molecule has 0 saturated heterocycles. The zero-order chi connectivity index (χ0) is 10.1. The molecule has 0 atom stereocenters. The molecule has 0 aliphatic heterocycles. The van der Waals surface area contributed by atoms with Gasteiger partial charge in [-0.1, -0.05) is 11.2 Å². The molecule has 1 aromatic carbocycles. The maximum absolute atomic E-state index is 8.43. The Morgan fingerprint density at radius 1 is 1.57 bits per heavy atom. The van der Waals surface area contributed by atoms with Gasteiger partial charge < -0.3 is 15.4 Å². The minimum Gasteiger partial charge on any atom is -0.434 e. The lowest BCUT2D eigenvalue weighted by Gasteiger charge is -1.87. The topological polar surface area (TPSA) is 84.6 Å². The van der Waals surface area contributed by atoms with Crippen LogP contribution < -0.4 is 5.73 Å². The van der Waals surface area contributed by atoms with E-state index >= 15 is 0 Å². The van der Waals surface area contributed by atoms with Crippen LogP contribution in [0.25, 0.3) is 11.1 Å². The van der Waals surface area contributed by atoms with Crippen LogP contribution >= 0.6 is 0 Å². The van der Waals surface area contributed by atoms with Crippen LogP contribution in [0.3, 0.4) is 0 Å². The fraction of sp³-hybridized carbons (Fsp3) is 0.111. The summed E-state index contributed by atoms with van der Waals surface area (Å²) < 4.78 is 5.25. The first kappa shape index (κ1) is 8.55. The van der Waals surface area contributed by atoms with E-state index in [-0.39, 0.29) is 11.7 Å². The lowest BCUT2D eigenvalue weighted by atomic mass is 10.2. The summed E-state index contributed by atoms with van der Waals surface area (Å²) in [6.07, 6.45) is 0. The van der Waals surface area contributed by atoms with Crippen molar-refractivity contribution < 1.29 is 9.62 Å². The summed E-state index contributed by atoms with van der Waals surface area (Å²) in [7, 11) is 0. The Bertz CT molecular complexity index is 502. The van der Waals surface area contributed by atoms with Crippen molar-refractivity contribution in [1.29, 1.82) is 0 Å². The van der Waals surface area contributed by atoms with Crippen molar-refractivity contribution in [3.05, 3.63) is 29.7 Å². The van der Waals surface area contributed by atoms with Crippen LogP contribution in [0.1, 0.15) is 11.5 Å². The van der Waals surface area contributed by atoms with E-state index in [2.05, 4.69) is 10.1 Å². The van der Waals surface area contributed by atoms with Crippen molar-refractivity contribution in [1.82, 2.24) is 4.98 Å². The zero-order valence-electron chi connectivity index (χ0n) is 7.56. The van der Waals surface area contributed by atoms with E-state index < -0.39 is 0 Å². The summed E-state index contributed by atoms with van der Waals surface area (Å²) >= 11 is 0. The van der Waals surface area contributed by atoms with Crippen molar-refractivity contribution in [2.45, 2.75) is 6.92 Å². The van der Waals surface area contributed by atoms with E-state index in [0.717, 1.165) is 5.56 Å². The number of fused-ring (bicyclic) bond motifs is 1. The van der Waals surface area contributed by atoms with E-state index in [0.29, 0.717) is 11.1 Å². The maximum atomic E-state index is 8.43. The minimum absolute atomic E-state index is 0.126. The average Bonchev–Trinajstić information content (AvgIpc) is 2.59. The van der Waals surface area contributed by atoms with Crippen LogP contribution in [0.15, 0.2) is 27.8 Å². The molecule has 1 aromatic heterocycles. The Morgan fingerprint density at radius 3 is 3.07 bits per heavy atom. The summed E-state index contributed by atoms with van der Waals surface area (Å²) in [6.45, 7) is 1.96. The lowest BCUT2D eigenvalue weighted by Crippen LogP contribution is -2.13. The Balaban J connectivity index is 2.62. The number of nitrogens with two attached hydrogens (primary N) is 1. The van der Waals surface area contributed by atoms with Crippen molar-refractivity contribution in [2.75, 3.05) is 0 Å². The molecule has 0 unspecified atom stereocenters. The summed E-state index contributed by atoms with van der Waals surface area (Å²) in [4.78, 5) is 4.06. The van der Waals surface area contributed by atoms with Gasteiger partial charge in [0.25, 0.3) is 5.89 Å². The molecule has 5 heteroatoms. The van der Waals surface area contributed by atoms with Gasteiger partial charge >= 0.3 is 0 Å². The second-order valence-corrected chi connectivity index (χ2v) is 2.98. The highest BCUT2D eigenvalue weighted by Crippen LogP contribution is 2.16. The van der Waals surface area contributed by atoms with Crippen LogP contribution in [0, 0.1) is 6.92 Å². The van der Waals surface area contributed by atoms with E-state index in [1.165, 1.54) is 0 Å². The molecule has 0 spiro atoms. The Kier molecular flexibility index (Phi) is 1.85. The van der Waals surface area contributed by atoms with Crippen molar-refractivity contribution in [2.24, 2.45) is 10.9 Å². The Hall–Kier alpha value is -2.04. The third-order valence-corrected chi connectivity index (χ3v) is 1.87. The molecule has 3 N–H and O–H groups in total. The highest BCUT2D eigenvalue weighted by molar-refractivity contribution is 5.94. The molecule has 0 amide bonds. The van der Waals surface area contributed by atoms with Crippen molar-refractivity contribution in [3.63, 3.8) is 0 Å². The van der Waals surface area contributed by atoms with Gasteiger partial charge in [-0.15, -0.1) is 0 Å². The molecular formula is C9H9N3O2. The monoisotopic (exact) mass is 191 g/mol. The fourth-order valence-electron chi connectivity index (χ4n) is 1.19. The smallest absolute Gasteiger partial charge is 0.266 e. The van der Waals surface area contributed by atoms with Crippen LogP contribution in [0.4, 0.5) is 0 Å². The third kappa shape index (κ3) is 1.28. The Morgan fingerprint density at radius 2 is 2.36 bits per heavy atom. The molecule has 72 valence electrons. The summed E-state index contributed by atoms with van der Waals surface area (Å²) in [6, 6.07) is 5.57. The van der Waals surface area contributed by atoms with E-state index in [9.17, 15) is 0 Å². The predicted molar refractivity (Wildman–Crippen MR) is 51.3 cm³/mol. The van der Waals surface area contributed by atoms with Gasteiger partial charge in [0.2, 0.25) is 5.84 Å². The quantitative estimate of drug-likeness (QED) is 0.307. The molecule has 0 aliphatic rings. The van der Waals surface area contributed by atoms with Crippen molar-refractivity contribution >= 4 is 16.9 Å². The molecule has 0 aliphatic carbocycles. The standard InChI is InChI=1S/C9H9N3O2/c1-5-2-3-7-6(4-5)11-9(14-7)8(10)12-13/h2-4,13H,1H3,(H2,10,12). The number of hydrogen-bond donors (Lipinski definition) is 2. The highest BCUT2D eigenvalue weighted by atomic mass is 16.4. The largest absolute Gasteiger partial charge is 0.434 e. The molecule has 14 heavy (non-hydrogen) atoms. The third-order valence-electron chi connectivity index (χ3n) is 1.87. The van der Waals surface area contributed by atoms with Gasteiger partial charge in [0, 0.05) is 0 Å². The van der Waals surface area contributed by atoms with Gasteiger partial charge in [0.05, 0.1) is 0 Å². The molecule has 2 aromatic rings. The summed E-state index contributed by atoms with van der Waals surface area (Å²) in [5, 5.41) is 11.2. The van der Waals surface area contributed by atoms with Gasteiger partial charge in [0.15, 0.2) is 5.58 Å². The van der Waals surface area contributed by atoms with Gasteiger partial charge in [-0.2, -0.15) is 0 Å². The molecule has 0 radical (unpaired) electrons. The number of oxazole rings is 1. The van der Waals surface area contributed by atoms with Gasteiger partial charge in [-0.3, -0.25) is 0 Å². The number of benzene rings is 1. The molecule has 0 fully saturated rings. The average molecular weight is 191 g/mol. The second kappa shape index (κ2) is 3.02. The summed E-state index contributed by atoms with van der Waals surface area (Å²) in [5.74, 6) is 0.00644. The molecule has 0 saturated carbocycles. The molecular weight excluding hydrogens is 182 g/mol. The SMILES string of the molecule is Cc1ccc2oc(/C(N)=N/O)nc2c1.